The SMILES string of the molecule is CCN(C(=O)CCc1cnn(-c2ccccc2)c1)C1CCCC1. The van der Waals surface area contributed by atoms with Crippen molar-refractivity contribution in [2.75, 3.05) is 6.54 Å². The van der Waals surface area contributed by atoms with Crippen LogP contribution in [0.5, 0.6) is 0 Å². The molecule has 0 saturated heterocycles. The van der Waals surface area contributed by atoms with Crippen molar-refractivity contribution >= 4 is 5.91 Å². The number of carbonyl (C=O) groups is 1. The van der Waals surface area contributed by atoms with Crippen LogP contribution in [-0.2, 0) is 11.2 Å². The molecule has 2 aromatic rings. The molecule has 1 amide bonds. The second kappa shape index (κ2) is 7.44. The highest BCUT2D eigenvalue weighted by molar-refractivity contribution is 5.76. The Labute approximate surface area is 138 Å². The Bertz CT molecular complexity index is 629. The maximum absolute atomic E-state index is 12.5. The van der Waals surface area contributed by atoms with E-state index in [0.717, 1.165) is 24.2 Å². The number of rotatable bonds is 6. The van der Waals surface area contributed by atoms with Crippen molar-refractivity contribution in [1.82, 2.24) is 14.7 Å². The van der Waals surface area contributed by atoms with E-state index >= 15 is 0 Å². The van der Waals surface area contributed by atoms with Gasteiger partial charge in [0.1, 0.15) is 0 Å². The van der Waals surface area contributed by atoms with Crippen LogP contribution in [0.2, 0.25) is 0 Å². The van der Waals surface area contributed by atoms with Crippen LogP contribution in [0.15, 0.2) is 42.7 Å². The molecule has 0 bridgehead atoms. The average molecular weight is 311 g/mol. The fourth-order valence-electron chi connectivity index (χ4n) is 3.46. The quantitative estimate of drug-likeness (QED) is 0.817. The van der Waals surface area contributed by atoms with Gasteiger partial charge in [0.05, 0.1) is 11.9 Å². The summed E-state index contributed by atoms with van der Waals surface area (Å²) in [6.07, 6.45) is 10.1. The third-order valence-corrected chi connectivity index (χ3v) is 4.71. The Kier molecular flexibility index (Phi) is 5.11. The molecule has 0 aliphatic heterocycles. The van der Waals surface area contributed by atoms with Gasteiger partial charge in [0.15, 0.2) is 0 Å². The van der Waals surface area contributed by atoms with E-state index in [1.807, 2.05) is 47.4 Å². The van der Waals surface area contributed by atoms with Crippen LogP contribution in [0.3, 0.4) is 0 Å². The Morgan fingerprint density at radius 2 is 2.00 bits per heavy atom. The van der Waals surface area contributed by atoms with Crippen molar-refractivity contribution in [2.24, 2.45) is 0 Å². The standard InChI is InChI=1S/C19H25N3O/c1-2-21(17-8-6-7-9-17)19(23)13-12-16-14-20-22(15-16)18-10-4-3-5-11-18/h3-5,10-11,14-15,17H,2,6-9,12-13H2,1H3. The summed E-state index contributed by atoms with van der Waals surface area (Å²) in [6.45, 7) is 2.91. The largest absolute Gasteiger partial charge is 0.340 e. The highest BCUT2D eigenvalue weighted by Crippen LogP contribution is 2.24. The molecule has 3 rings (SSSR count). The minimum Gasteiger partial charge on any atom is -0.340 e. The number of nitrogens with zero attached hydrogens (tertiary/aromatic N) is 3. The van der Waals surface area contributed by atoms with E-state index < -0.39 is 0 Å². The Hall–Kier alpha value is -2.10. The molecule has 4 nitrogen and oxygen atoms in total. The fourth-order valence-corrected chi connectivity index (χ4v) is 3.46. The molecule has 4 heteroatoms. The summed E-state index contributed by atoms with van der Waals surface area (Å²) < 4.78 is 1.87. The number of amides is 1. The third-order valence-electron chi connectivity index (χ3n) is 4.71. The molecule has 1 heterocycles. The molecule has 1 aliphatic carbocycles. The first-order valence-electron chi connectivity index (χ1n) is 8.66. The van der Waals surface area contributed by atoms with Crippen LogP contribution in [0, 0.1) is 0 Å². The lowest BCUT2D eigenvalue weighted by Gasteiger charge is -2.27. The molecule has 122 valence electrons. The molecule has 0 N–H and O–H groups in total. The van der Waals surface area contributed by atoms with E-state index in [1.165, 1.54) is 25.7 Å². The summed E-state index contributed by atoms with van der Waals surface area (Å²) in [5.74, 6) is 0.284. The normalized spacial score (nSPS) is 15.0. The minimum absolute atomic E-state index is 0.284. The van der Waals surface area contributed by atoms with Crippen molar-refractivity contribution in [3.63, 3.8) is 0 Å². The van der Waals surface area contributed by atoms with Gasteiger partial charge in [0.25, 0.3) is 0 Å². The van der Waals surface area contributed by atoms with E-state index in [9.17, 15) is 4.79 Å². The number of para-hydroxylation sites is 1. The predicted octanol–water partition coefficient (Wildman–Crippen LogP) is 3.60. The van der Waals surface area contributed by atoms with E-state index in [1.54, 1.807) is 0 Å². The van der Waals surface area contributed by atoms with Crippen LogP contribution in [0.1, 0.15) is 44.6 Å². The number of aryl methyl sites for hydroxylation is 1. The molecule has 23 heavy (non-hydrogen) atoms. The van der Waals surface area contributed by atoms with E-state index in [4.69, 9.17) is 0 Å². The minimum atomic E-state index is 0.284. The second-order valence-corrected chi connectivity index (χ2v) is 6.25. The Morgan fingerprint density at radius 1 is 1.26 bits per heavy atom. The smallest absolute Gasteiger partial charge is 0.223 e. The van der Waals surface area contributed by atoms with Gasteiger partial charge in [-0.25, -0.2) is 4.68 Å². The Balaban J connectivity index is 1.57. The topological polar surface area (TPSA) is 38.1 Å². The van der Waals surface area contributed by atoms with Gasteiger partial charge in [-0.05, 0) is 43.9 Å². The van der Waals surface area contributed by atoms with Crippen LogP contribution >= 0.6 is 0 Å². The molecule has 1 aliphatic rings. The zero-order chi connectivity index (χ0) is 16.1. The molecule has 1 saturated carbocycles. The summed E-state index contributed by atoms with van der Waals surface area (Å²) in [6, 6.07) is 10.5. The van der Waals surface area contributed by atoms with Crippen molar-refractivity contribution < 1.29 is 4.79 Å². The molecule has 1 aromatic heterocycles. The van der Waals surface area contributed by atoms with Crippen molar-refractivity contribution in [3.05, 3.63) is 48.3 Å². The number of aromatic nitrogens is 2. The average Bonchev–Trinajstić information content (AvgIpc) is 3.26. The lowest BCUT2D eigenvalue weighted by atomic mass is 10.1. The van der Waals surface area contributed by atoms with Crippen LogP contribution < -0.4 is 0 Å². The van der Waals surface area contributed by atoms with E-state index in [0.29, 0.717) is 12.5 Å². The fraction of sp³-hybridized carbons (Fsp3) is 0.474. The van der Waals surface area contributed by atoms with Gasteiger partial charge in [0, 0.05) is 25.2 Å². The van der Waals surface area contributed by atoms with Crippen LogP contribution in [-0.4, -0.2) is 33.2 Å². The molecule has 0 unspecified atom stereocenters. The zero-order valence-electron chi connectivity index (χ0n) is 13.8. The predicted molar refractivity (Wildman–Crippen MR) is 91.5 cm³/mol. The number of carbonyl (C=O) groups excluding carboxylic acids is 1. The van der Waals surface area contributed by atoms with Gasteiger partial charge in [-0.1, -0.05) is 31.0 Å². The Morgan fingerprint density at radius 3 is 2.70 bits per heavy atom. The number of hydrogen-bond acceptors (Lipinski definition) is 2. The summed E-state index contributed by atoms with van der Waals surface area (Å²) in [5.41, 5.74) is 2.16. The van der Waals surface area contributed by atoms with Gasteiger partial charge in [-0.2, -0.15) is 5.10 Å². The van der Waals surface area contributed by atoms with E-state index in [-0.39, 0.29) is 5.91 Å². The zero-order valence-corrected chi connectivity index (χ0v) is 13.8. The highest BCUT2D eigenvalue weighted by atomic mass is 16.2. The first-order valence-corrected chi connectivity index (χ1v) is 8.66. The van der Waals surface area contributed by atoms with Gasteiger partial charge < -0.3 is 4.90 Å². The molecule has 0 radical (unpaired) electrons. The van der Waals surface area contributed by atoms with Gasteiger partial charge >= 0.3 is 0 Å². The first-order chi connectivity index (χ1) is 11.3. The summed E-state index contributed by atoms with van der Waals surface area (Å²) in [4.78, 5) is 14.6. The molecule has 0 spiro atoms. The number of benzene rings is 1. The maximum Gasteiger partial charge on any atom is 0.223 e. The molecular weight excluding hydrogens is 286 g/mol. The maximum atomic E-state index is 12.5. The summed E-state index contributed by atoms with van der Waals surface area (Å²) >= 11 is 0. The van der Waals surface area contributed by atoms with Crippen molar-refractivity contribution in [1.29, 1.82) is 0 Å². The van der Waals surface area contributed by atoms with Crippen LogP contribution in [0.25, 0.3) is 5.69 Å². The van der Waals surface area contributed by atoms with E-state index in [2.05, 4.69) is 16.9 Å². The highest BCUT2D eigenvalue weighted by Gasteiger charge is 2.24. The molecular formula is C19H25N3O. The number of hydrogen-bond donors (Lipinski definition) is 0. The molecule has 1 fully saturated rings. The monoisotopic (exact) mass is 311 g/mol. The first kappa shape index (κ1) is 15.8. The van der Waals surface area contributed by atoms with Gasteiger partial charge in [0.2, 0.25) is 5.91 Å². The van der Waals surface area contributed by atoms with Gasteiger partial charge in [-0.3, -0.25) is 4.79 Å². The van der Waals surface area contributed by atoms with Crippen LogP contribution in [0.4, 0.5) is 0 Å². The van der Waals surface area contributed by atoms with Gasteiger partial charge in [-0.15, -0.1) is 0 Å². The second-order valence-electron chi connectivity index (χ2n) is 6.25. The summed E-state index contributed by atoms with van der Waals surface area (Å²) in [5, 5.41) is 4.40. The van der Waals surface area contributed by atoms with Crippen molar-refractivity contribution in [2.45, 2.75) is 51.5 Å². The summed E-state index contributed by atoms with van der Waals surface area (Å²) in [7, 11) is 0. The van der Waals surface area contributed by atoms with Crippen molar-refractivity contribution in [3.8, 4) is 5.69 Å². The third kappa shape index (κ3) is 3.81. The molecule has 1 aromatic carbocycles. The lowest BCUT2D eigenvalue weighted by molar-refractivity contribution is -0.133. The molecule has 0 atom stereocenters. The lowest BCUT2D eigenvalue weighted by Crippen LogP contribution is -2.38.